The predicted molar refractivity (Wildman–Crippen MR) is 66.5 cm³/mol. The van der Waals surface area contributed by atoms with Crippen molar-refractivity contribution in [2.45, 2.75) is 6.42 Å². The topological polar surface area (TPSA) is 35.2 Å². The van der Waals surface area contributed by atoms with Gasteiger partial charge in [0, 0.05) is 12.1 Å². The third-order valence-corrected chi connectivity index (χ3v) is 2.45. The monoisotopic (exact) mass is 231 g/mol. The molecule has 0 fully saturated rings. The second-order valence-corrected chi connectivity index (χ2v) is 3.79. The second-order valence-electron chi connectivity index (χ2n) is 3.79. The van der Waals surface area contributed by atoms with Gasteiger partial charge in [-0.1, -0.05) is 12.1 Å². The maximum absolute atomic E-state index is 12.7. The Labute approximate surface area is 99.8 Å². The van der Waals surface area contributed by atoms with E-state index in [0.717, 1.165) is 23.4 Å². The minimum atomic E-state index is -0.215. The van der Waals surface area contributed by atoms with Crippen LogP contribution in [-0.2, 0) is 6.42 Å². The fraction of sp³-hybridized carbons (Fsp3) is 0.143. The third kappa shape index (κ3) is 3.48. The van der Waals surface area contributed by atoms with Crippen molar-refractivity contribution in [1.82, 2.24) is 0 Å². The van der Waals surface area contributed by atoms with E-state index in [4.69, 9.17) is 10.5 Å². The summed E-state index contributed by atoms with van der Waals surface area (Å²) >= 11 is 0. The number of nitrogens with two attached hydrogens (primary N) is 1. The highest BCUT2D eigenvalue weighted by Gasteiger charge is 1.96. The Morgan fingerprint density at radius 3 is 2.24 bits per heavy atom. The first-order chi connectivity index (χ1) is 8.24. The normalized spacial score (nSPS) is 10.2. The highest BCUT2D eigenvalue weighted by molar-refractivity contribution is 5.41. The summed E-state index contributed by atoms with van der Waals surface area (Å²) < 4.78 is 18.2. The molecule has 0 saturated heterocycles. The minimum Gasteiger partial charge on any atom is -0.493 e. The van der Waals surface area contributed by atoms with E-state index < -0.39 is 0 Å². The van der Waals surface area contributed by atoms with E-state index in [0.29, 0.717) is 6.61 Å². The molecule has 0 spiro atoms. The van der Waals surface area contributed by atoms with Gasteiger partial charge in [-0.3, -0.25) is 0 Å². The van der Waals surface area contributed by atoms with Crippen molar-refractivity contribution in [3.8, 4) is 5.75 Å². The van der Waals surface area contributed by atoms with Crippen LogP contribution in [0.15, 0.2) is 48.5 Å². The summed E-state index contributed by atoms with van der Waals surface area (Å²) in [4.78, 5) is 0. The van der Waals surface area contributed by atoms with Crippen molar-refractivity contribution in [3.63, 3.8) is 0 Å². The molecule has 0 bridgehead atoms. The number of nitrogen functional groups attached to an aromatic ring is 1. The van der Waals surface area contributed by atoms with Gasteiger partial charge in [-0.15, -0.1) is 0 Å². The average molecular weight is 231 g/mol. The summed E-state index contributed by atoms with van der Waals surface area (Å²) in [5, 5.41) is 0. The Morgan fingerprint density at radius 2 is 1.59 bits per heavy atom. The fourth-order valence-corrected chi connectivity index (χ4v) is 1.50. The van der Waals surface area contributed by atoms with Crippen LogP contribution in [0, 0.1) is 5.82 Å². The lowest BCUT2D eigenvalue weighted by Crippen LogP contribution is -2.01. The molecule has 2 aromatic rings. The van der Waals surface area contributed by atoms with Crippen LogP contribution in [0.4, 0.5) is 10.1 Å². The Balaban J connectivity index is 1.83. The zero-order valence-electron chi connectivity index (χ0n) is 9.40. The first-order valence-electron chi connectivity index (χ1n) is 5.47. The predicted octanol–water partition coefficient (Wildman–Crippen LogP) is 3.03. The largest absolute Gasteiger partial charge is 0.493 e. The molecule has 0 heterocycles. The number of halogens is 1. The molecule has 0 aliphatic rings. The highest BCUT2D eigenvalue weighted by Crippen LogP contribution is 2.13. The molecule has 17 heavy (non-hydrogen) atoms. The summed E-state index contributed by atoms with van der Waals surface area (Å²) in [6.07, 6.45) is 0.755. The van der Waals surface area contributed by atoms with Gasteiger partial charge in [0.15, 0.2) is 0 Å². The number of hydrogen-bond donors (Lipinski definition) is 1. The third-order valence-electron chi connectivity index (χ3n) is 2.45. The highest BCUT2D eigenvalue weighted by atomic mass is 19.1. The van der Waals surface area contributed by atoms with Crippen molar-refractivity contribution in [2.75, 3.05) is 12.3 Å². The summed E-state index contributed by atoms with van der Waals surface area (Å²) in [5.74, 6) is 0.578. The smallest absolute Gasteiger partial charge is 0.123 e. The Morgan fingerprint density at radius 1 is 0.941 bits per heavy atom. The Hall–Kier alpha value is -2.03. The van der Waals surface area contributed by atoms with Gasteiger partial charge in [-0.2, -0.15) is 0 Å². The summed E-state index contributed by atoms with van der Waals surface area (Å²) in [6.45, 7) is 0.565. The lowest BCUT2D eigenvalue weighted by molar-refractivity contribution is 0.322. The average Bonchev–Trinajstić information content (AvgIpc) is 2.34. The van der Waals surface area contributed by atoms with Crippen LogP contribution in [0.3, 0.4) is 0 Å². The molecule has 0 atom stereocenters. The molecule has 0 aromatic heterocycles. The molecule has 3 heteroatoms. The number of benzene rings is 2. The number of ether oxygens (including phenoxy) is 1. The zero-order valence-corrected chi connectivity index (χ0v) is 9.40. The van der Waals surface area contributed by atoms with E-state index in [1.807, 2.05) is 12.1 Å². The maximum atomic E-state index is 12.7. The zero-order chi connectivity index (χ0) is 12.1. The van der Waals surface area contributed by atoms with Crippen molar-refractivity contribution < 1.29 is 9.13 Å². The molecule has 0 aliphatic carbocycles. The van der Waals surface area contributed by atoms with E-state index in [-0.39, 0.29) is 5.82 Å². The van der Waals surface area contributed by atoms with Crippen LogP contribution in [0.2, 0.25) is 0 Å². The summed E-state index contributed by atoms with van der Waals surface area (Å²) in [7, 11) is 0. The summed E-state index contributed by atoms with van der Waals surface area (Å²) in [5.41, 5.74) is 7.35. The molecule has 0 aliphatic heterocycles. The Kier molecular flexibility index (Phi) is 3.60. The lowest BCUT2D eigenvalue weighted by atomic mass is 10.2. The van der Waals surface area contributed by atoms with Gasteiger partial charge >= 0.3 is 0 Å². The molecule has 2 nitrogen and oxygen atoms in total. The molecule has 0 unspecified atom stereocenters. The van der Waals surface area contributed by atoms with E-state index in [1.54, 1.807) is 24.3 Å². The van der Waals surface area contributed by atoms with Gasteiger partial charge in [-0.25, -0.2) is 4.39 Å². The van der Waals surface area contributed by atoms with Gasteiger partial charge in [0.1, 0.15) is 11.6 Å². The molecule has 2 rings (SSSR count). The standard InChI is InChI=1S/C14H14FNO/c15-12-3-1-11(2-4-12)9-10-17-14-7-5-13(16)6-8-14/h1-8H,9-10,16H2. The first kappa shape index (κ1) is 11.5. The Bertz CT molecular complexity index is 419. The van der Waals surface area contributed by atoms with Gasteiger partial charge in [0.05, 0.1) is 6.61 Å². The van der Waals surface area contributed by atoms with Crippen molar-refractivity contribution >= 4 is 5.69 Å². The SMILES string of the molecule is Nc1ccc(OCCc2ccc(F)cc2)cc1. The van der Waals surface area contributed by atoms with Gasteiger partial charge in [-0.05, 0) is 42.0 Å². The van der Waals surface area contributed by atoms with Gasteiger partial charge < -0.3 is 10.5 Å². The van der Waals surface area contributed by atoms with Gasteiger partial charge in [0.25, 0.3) is 0 Å². The molecule has 88 valence electrons. The van der Waals surface area contributed by atoms with Crippen molar-refractivity contribution in [1.29, 1.82) is 0 Å². The molecule has 0 amide bonds. The van der Waals surface area contributed by atoms with Crippen molar-refractivity contribution in [3.05, 3.63) is 59.9 Å². The molecule has 0 saturated carbocycles. The van der Waals surface area contributed by atoms with Gasteiger partial charge in [0.2, 0.25) is 0 Å². The fourth-order valence-electron chi connectivity index (χ4n) is 1.50. The minimum absolute atomic E-state index is 0.215. The van der Waals surface area contributed by atoms with E-state index >= 15 is 0 Å². The van der Waals surface area contributed by atoms with E-state index in [9.17, 15) is 4.39 Å². The quantitative estimate of drug-likeness (QED) is 0.821. The number of hydrogen-bond acceptors (Lipinski definition) is 2. The van der Waals surface area contributed by atoms with Crippen LogP contribution in [0.1, 0.15) is 5.56 Å². The molecule has 2 N–H and O–H groups in total. The van der Waals surface area contributed by atoms with Crippen LogP contribution >= 0.6 is 0 Å². The summed E-state index contributed by atoms with van der Waals surface area (Å²) in [6, 6.07) is 13.7. The molecular formula is C14H14FNO. The van der Waals surface area contributed by atoms with E-state index in [2.05, 4.69) is 0 Å². The number of rotatable bonds is 4. The molecule has 0 radical (unpaired) electrons. The lowest BCUT2D eigenvalue weighted by Gasteiger charge is -2.06. The van der Waals surface area contributed by atoms with Crippen LogP contribution in [0.5, 0.6) is 5.75 Å². The van der Waals surface area contributed by atoms with Crippen molar-refractivity contribution in [2.24, 2.45) is 0 Å². The van der Waals surface area contributed by atoms with Crippen LogP contribution < -0.4 is 10.5 Å². The van der Waals surface area contributed by atoms with E-state index in [1.165, 1.54) is 12.1 Å². The number of anilines is 1. The maximum Gasteiger partial charge on any atom is 0.123 e. The van der Waals surface area contributed by atoms with Crippen LogP contribution in [-0.4, -0.2) is 6.61 Å². The molecular weight excluding hydrogens is 217 g/mol. The van der Waals surface area contributed by atoms with Crippen LogP contribution in [0.25, 0.3) is 0 Å². The molecule has 2 aromatic carbocycles. The second kappa shape index (κ2) is 5.34. The first-order valence-corrected chi connectivity index (χ1v) is 5.47.